The summed E-state index contributed by atoms with van der Waals surface area (Å²) in [6, 6.07) is 7.42. The molecule has 3 rings (SSSR count). The van der Waals surface area contributed by atoms with E-state index in [0.29, 0.717) is 22.8 Å². The number of carbonyl (C=O) groups is 1. The Hall–Kier alpha value is -2.63. The predicted molar refractivity (Wildman–Crippen MR) is 87.3 cm³/mol. The normalized spacial score (nSPS) is 12.5. The van der Waals surface area contributed by atoms with Crippen LogP contribution in [0.2, 0.25) is 0 Å². The van der Waals surface area contributed by atoms with Crippen LogP contribution in [0.25, 0.3) is 17.1 Å². The van der Waals surface area contributed by atoms with Crippen LogP contribution in [-0.2, 0) is 6.42 Å². The molecule has 3 aromatic rings. The minimum Gasteiger partial charge on any atom is -0.463 e. The minimum absolute atomic E-state index is 0.120. The van der Waals surface area contributed by atoms with Gasteiger partial charge in [0.25, 0.3) is 5.91 Å². The molecule has 1 N–H and O–H groups in total. The molecule has 23 heavy (non-hydrogen) atoms. The molecular weight excluding hydrogens is 292 g/mol. The lowest BCUT2D eigenvalue weighted by atomic mass is 10.2. The Labute approximate surface area is 134 Å². The molecule has 3 heterocycles. The number of aromatic nitrogens is 3. The van der Waals surface area contributed by atoms with Crippen LogP contribution >= 0.6 is 0 Å². The maximum absolute atomic E-state index is 12.3. The molecule has 0 saturated heterocycles. The van der Waals surface area contributed by atoms with Gasteiger partial charge in [0.15, 0.2) is 11.4 Å². The van der Waals surface area contributed by atoms with Crippen LogP contribution in [0.1, 0.15) is 43.4 Å². The lowest BCUT2D eigenvalue weighted by Gasteiger charge is -2.11. The monoisotopic (exact) mass is 312 g/mol. The lowest BCUT2D eigenvalue weighted by molar-refractivity contribution is 0.0934. The van der Waals surface area contributed by atoms with Gasteiger partial charge in [0.2, 0.25) is 0 Å². The number of rotatable bonds is 5. The molecule has 0 aromatic carbocycles. The Morgan fingerprint density at radius 2 is 2.22 bits per heavy atom. The summed E-state index contributed by atoms with van der Waals surface area (Å²) in [7, 11) is 0. The molecule has 1 amide bonds. The summed E-state index contributed by atoms with van der Waals surface area (Å²) in [5, 5.41) is 7.48. The number of nitrogens with zero attached hydrogens (tertiary/aromatic N) is 3. The van der Waals surface area contributed by atoms with E-state index in [9.17, 15) is 4.79 Å². The van der Waals surface area contributed by atoms with E-state index in [1.54, 1.807) is 16.8 Å². The molecule has 0 aliphatic heterocycles. The van der Waals surface area contributed by atoms with Crippen molar-refractivity contribution in [2.45, 2.75) is 39.7 Å². The van der Waals surface area contributed by atoms with E-state index >= 15 is 0 Å². The molecule has 0 radical (unpaired) electrons. The van der Waals surface area contributed by atoms with Gasteiger partial charge >= 0.3 is 0 Å². The second-order valence-electron chi connectivity index (χ2n) is 5.55. The molecule has 0 bridgehead atoms. The van der Waals surface area contributed by atoms with Crippen molar-refractivity contribution in [3.05, 3.63) is 41.9 Å². The molecule has 3 aromatic heterocycles. The van der Waals surface area contributed by atoms with Gasteiger partial charge in [0.1, 0.15) is 11.4 Å². The first kappa shape index (κ1) is 15.3. The summed E-state index contributed by atoms with van der Waals surface area (Å²) in [5.74, 6) is 0.528. The highest BCUT2D eigenvalue weighted by Crippen LogP contribution is 2.20. The number of nitrogens with one attached hydrogen (secondary N) is 1. The Morgan fingerprint density at radius 1 is 1.39 bits per heavy atom. The van der Waals surface area contributed by atoms with Crippen LogP contribution in [0.5, 0.6) is 0 Å². The van der Waals surface area contributed by atoms with Gasteiger partial charge in [-0.1, -0.05) is 13.8 Å². The Morgan fingerprint density at radius 3 is 2.87 bits per heavy atom. The molecule has 6 heteroatoms. The highest BCUT2D eigenvalue weighted by Gasteiger charge is 2.16. The average molecular weight is 312 g/mol. The average Bonchev–Trinajstić information content (AvgIpc) is 3.22. The van der Waals surface area contributed by atoms with Gasteiger partial charge in [-0.15, -0.1) is 0 Å². The smallest absolute Gasteiger partial charge is 0.270 e. The first-order valence-corrected chi connectivity index (χ1v) is 7.86. The summed E-state index contributed by atoms with van der Waals surface area (Å²) in [6.45, 7) is 6.04. The zero-order chi connectivity index (χ0) is 16.4. The Kier molecular flexibility index (Phi) is 4.14. The minimum atomic E-state index is -0.155. The number of carbonyl (C=O) groups excluding carboxylic acids is 1. The molecule has 1 atom stereocenters. The van der Waals surface area contributed by atoms with Crippen molar-refractivity contribution >= 4 is 11.6 Å². The fourth-order valence-electron chi connectivity index (χ4n) is 2.35. The molecule has 0 unspecified atom stereocenters. The fourth-order valence-corrected chi connectivity index (χ4v) is 2.35. The summed E-state index contributed by atoms with van der Waals surface area (Å²) >= 11 is 0. The molecule has 6 nitrogen and oxygen atoms in total. The summed E-state index contributed by atoms with van der Waals surface area (Å²) < 4.78 is 7.15. The molecular formula is C17H20N4O2. The van der Waals surface area contributed by atoms with Gasteiger partial charge in [-0.2, -0.15) is 5.10 Å². The van der Waals surface area contributed by atoms with E-state index < -0.39 is 0 Å². The number of fused-ring (bicyclic) bond motifs is 1. The van der Waals surface area contributed by atoms with Crippen LogP contribution in [0.4, 0.5) is 0 Å². The van der Waals surface area contributed by atoms with E-state index in [1.165, 1.54) is 0 Å². The zero-order valence-electron chi connectivity index (χ0n) is 13.5. The van der Waals surface area contributed by atoms with E-state index in [-0.39, 0.29) is 11.9 Å². The molecule has 0 spiro atoms. The number of amides is 1. The topological polar surface area (TPSA) is 72.4 Å². The number of aryl methyl sites for hydroxylation is 1. The van der Waals surface area contributed by atoms with Crippen molar-refractivity contribution in [1.29, 1.82) is 0 Å². The van der Waals surface area contributed by atoms with E-state index in [0.717, 1.165) is 18.5 Å². The van der Waals surface area contributed by atoms with E-state index in [1.807, 2.05) is 39.0 Å². The van der Waals surface area contributed by atoms with Crippen LogP contribution in [0.15, 0.2) is 34.9 Å². The first-order valence-electron chi connectivity index (χ1n) is 7.86. The molecule has 0 fully saturated rings. The third-order valence-electron chi connectivity index (χ3n) is 3.86. The summed E-state index contributed by atoms with van der Waals surface area (Å²) in [4.78, 5) is 16.8. The summed E-state index contributed by atoms with van der Waals surface area (Å²) in [5.41, 5.74) is 2.70. The van der Waals surface area contributed by atoms with E-state index in [4.69, 9.17) is 4.42 Å². The van der Waals surface area contributed by atoms with Crippen molar-refractivity contribution in [2.75, 3.05) is 0 Å². The van der Waals surface area contributed by atoms with Gasteiger partial charge in [-0.25, -0.2) is 9.50 Å². The zero-order valence-corrected chi connectivity index (χ0v) is 13.5. The van der Waals surface area contributed by atoms with Crippen LogP contribution in [0, 0.1) is 0 Å². The molecule has 0 aliphatic carbocycles. The highest BCUT2D eigenvalue weighted by molar-refractivity contribution is 5.93. The molecule has 0 saturated carbocycles. The van der Waals surface area contributed by atoms with Crippen LogP contribution in [0.3, 0.4) is 0 Å². The van der Waals surface area contributed by atoms with Crippen molar-refractivity contribution in [2.24, 2.45) is 0 Å². The maximum atomic E-state index is 12.3. The van der Waals surface area contributed by atoms with Gasteiger partial charge in [0, 0.05) is 17.8 Å². The van der Waals surface area contributed by atoms with Crippen LogP contribution < -0.4 is 5.32 Å². The van der Waals surface area contributed by atoms with E-state index in [2.05, 4.69) is 15.4 Å². The highest BCUT2D eigenvalue weighted by atomic mass is 16.3. The lowest BCUT2D eigenvalue weighted by Crippen LogP contribution is -2.32. The second-order valence-corrected chi connectivity index (χ2v) is 5.55. The fraction of sp³-hybridized carbons (Fsp3) is 0.353. The quantitative estimate of drug-likeness (QED) is 0.786. The number of furan rings is 1. The Bertz CT molecular complexity index is 821. The van der Waals surface area contributed by atoms with Crippen LogP contribution in [-0.4, -0.2) is 26.5 Å². The third-order valence-corrected chi connectivity index (χ3v) is 3.86. The SMILES string of the molecule is CCc1cc(C(=O)N[C@H](C)CC)nc2cc(-c3ccco3)nn12. The molecule has 0 aliphatic rings. The Balaban J connectivity index is 2.03. The number of hydrogen-bond donors (Lipinski definition) is 1. The first-order chi connectivity index (χ1) is 11.1. The molecule has 120 valence electrons. The van der Waals surface area contributed by atoms with Gasteiger partial charge < -0.3 is 9.73 Å². The van der Waals surface area contributed by atoms with Gasteiger partial charge in [0.05, 0.1) is 6.26 Å². The summed E-state index contributed by atoms with van der Waals surface area (Å²) in [6.07, 6.45) is 3.24. The third kappa shape index (κ3) is 2.97. The van der Waals surface area contributed by atoms with Crippen molar-refractivity contribution < 1.29 is 9.21 Å². The predicted octanol–water partition coefficient (Wildman–Crippen LogP) is 3.08. The second kappa shape index (κ2) is 6.24. The largest absolute Gasteiger partial charge is 0.463 e. The number of hydrogen-bond acceptors (Lipinski definition) is 4. The van der Waals surface area contributed by atoms with Gasteiger partial charge in [-0.3, -0.25) is 4.79 Å². The van der Waals surface area contributed by atoms with Crippen molar-refractivity contribution in [3.8, 4) is 11.5 Å². The standard InChI is InChI=1S/C17H20N4O2/c1-4-11(3)18-17(22)14-9-12(5-2)21-16(19-14)10-13(20-21)15-7-6-8-23-15/h6-11H,4-5H2,1-3H3,(H,18,22)/t11-/m1/s1. The van der Waals surface area contributed by atoms with Gasteiger partial charge in [-0.05, 0) is 38.0 Å². The van der Waals surface area contributed by atoms with Crippen molar-refractivity contribution in [1.82, 2.24) is 19.9 Å². The maximum Gasteiger partial charge on any atom is 0.270 e. The van der Waals surface area contributed by atoms with Crippen molar-refractivity contribution in [3.63, 3.8) is 0 Å².